The summed E-state index contributed by atoms with van der Waals surface area (Å²) in [7, 11) is 4.37. The third-order valence-corrected chi connectivity index (χ3v) is 8.18. The van der Waals surface area contributed by atoms with Crippen molar-refractivity contribution in [1.29, 1.82) is 0 Å². The minimum Gasteiger partial charge on any atom is -0.393 e. The normalized spacial score (nSPS) is 37.6. The predicted molar refractivity (Wildman–Crippen MR) is 120 cm³/mol. The summed E-state index contributed by atoms with van der Waals surface area (Å²) >= 11 is 0. The van der Waals surface area contributed by atoms with E-state index >= 15 is 0 Å². The van der Waals surface area contributed by atoms with Crippen molar-refractivity contribution in [3.05, 3.63) is 35.5 Å². The molecule has 3 aliphatic carbocycles. The van der Waals surface area contributed by atoms with Crippen molar-refractivity contribution < 1.29 is 5.11 Å². The average Bonchev–Trinajstić information content (AvgIpc) is 2.99. The van der Waals surface area contributed by atoms with Gasteiger partial charge in [-0.2, -0.15) is 0 Å². The van der Waals surface area contributed by atoms with E-state index in [9.17, 15) is 5.11 Å². The average molecular weight is 386 g/mol. The van der Waals surface area contributed by atoms with Gasteiger partial charge in [0.05, 0.1) is 6.10 Å². The maximum absolute atomic E-state index is 10.0. The van der Waals surface area contributed by atoms with E-state index in [2.05, 4.69) is 51.6 Å². The molecule has 2 nitrogen and oxygen atoms in total. The Morgan fingerprint density at radius 3 is 2.75 bits per heavy atom. The molecule has 0 radical (unpaired) electrons. The van der Waals surface area contributed by atoms with Crippen LogP contribution in [0.3, 0.4) is 0 Å². The van der Waals surface area contributed by atoms with Crippen LogP contribution in [0.25, 0.3) is 0 Å². The lowest BCUT2D eigenvalue weighted by Crippen LogP contribution is -2.36. The van der Waals surface area contributed by atoms with Crippen LogP contribution in [-0.2, 0) is 0 Å². The summed E-state index contributed by atoms with van der Waals surface area (Å²) in [6.45, 7) is 10.6. The van der Waals surface area contributed by atoms with E-state index in [-0.39, 0.29) is 6.10 Å². The first kappa shape index (κ1) is 21.8. The minimum absolute atomic E-state index is 0.175. The van der Waals surface area contributed by atoms with E-state index in [1.54, 1.807) is 5.57 Å². The van der Waals surface area contributed by atoms with Crippen molar-refractivity contribution in [1.82, 2.24) is 4.90 Å². The molecular formula is C26H43NO. The molecule has 3 saturated carbocycles. The third kappa shape index (κ3) is 4.82. The van der Waals surface area contributed by atoms with Gasteiger partial charge in [-0.15, -0.1) is 0 Å². The van der Waals surface area contributed by atoms with Crippen molar-refractivity contribution in [3.63, 3.8) is 0 Å². The second kappa shape index (κ2) is 9.30. The number of fused-ring (bicyclic) bond motifs is 1. The van der Waals surface area contributed by atoms with Gasteiger partial charge in [0.2, 0.25) is 0 Å². The fourth-order valence-corrected chi connectivity index (χ4v) is 6.54. The first-order chi connectivity index (χ1) is 13.3. The number of allylic oxidation sites excluding steroid dienone is 4. The fraction of sp³-hybridized carbons (Fsp3) is 0.769. The number of hydrogen-bond acceptors (Lipinski definition) is 2. The molecule has 0 spiro atoms. The van der Waals surface area contributed by atoms with Crippen LogP contribution in [0.15, 0.2) is 35.5 Å². The second-order valence-electron chi connectivity index (χ2n) is 10.5. The van der Waals surface area contributed by atoms with E-state index in [1.807, 2.05) is 0 Å². The highest BCUT2D eigenvalue weighted by Crippen LogP contribution is 2.59. The zero-order chi connectivity index (χ0) is 20.3. The zero-order valence-electron chi connectivity index (χ0n) is 18.8. The standard InChI is InChI=1S/C26H43NO/c1-19-10-13-23(28)18-22(19)12-11-21-9-6-16-26(3)24(14-15-25(21)26)20(2)8-7-17-27(4)5/h11-12,20,23-25,28H,1,6-10,13-18H2,2-5H3/b21-11+,22-12+/t20-,23+,24-,25+,26-/m1/s1. The Kier molecular flexibility index (Phi) is 7.26. The van der Waals surface area contributed by atoms with Crippen LogP contribution in [0.5, 0.6) is 0 Å². The van der Waals surface area contributed by atoms with Crippen LogP contribution in [0.1, 0.15) is 78.1 Å². The van der Waals surface area contributed by atoms with Gasteiger partial charge in [0, 0.05) is 0 Å². The summed E-state index contributed by atoms with van der Waals surface area (Å²) in [5.41, 5.74) is 4.69. The lowest BCUT2D eigenvalue weighted by atomic mass is 9.60. The second-order valence-corrected chi connectivity index (χ2v) is 10.5. The van der Waals surface area contributed by atoms with E-state index in [1.165, 1.54) is 62.6 Å². The Bertz CT molecular complexity index is 616. The Morgan fingerprint density at radius 2 is 2.00 bits per heavy atom. The summed E-state index contributed by atoms with van der Waals surface area (Å²) in [4.78, 5) is 2.32. The molecule has 0 heterocycles. The molecule has 3 fully saturated rings. The number of aliphatic hydroxyl groups is 1. The number of rotatable bonds is 6. The third-order valence-electron chi connectivity index (χ3n) is 8.18. The molecule has 158 valence electrons. The summed E-state index contributed by atoms with van der Waals surface area (Å²) in [5.74, 6) is 2.48. The molecule has 0 aromatic rings. The monoisotopic (exact) mass is 385 g/mol. The zero-order valence-corrected chi connectivity index (χ0v) is 18.8. The van der Waals surface area contributed by atoms with Crippen LogP contribution in [0, 0.1) is 23.2 Å². The van der Waals surface area contributed by atoms with Gasteiger partial charge in [0.15, 0.2) is 0 Å². The summed E-state index contributed by atoms with van der Waals surface area (Å²) < 4.78 is 0. The highest BCUT2D eigenvalue weighted by atomic mass is 16.3. The number of aliphatic hydroxyl groups excluding tert-OH is 1. The topological polar surface area (TPSA) is 23.5 Å². The van der Waals surface area contributed by atoms with Gasteiger partial charge >= 0.3 is 0 Å². The first-order valence-electron chi connectivity index (χ1n) is 11.7. The summed E-state index contributed by atoms with van der Waals surface area (Å²) in [5, 5.41) is 10.0. The summed E-state index contributed by atoms with van der Waals surface area (Å²) in [6.07, 6.45) is 16.6. The van der Waals surface area contributed by atoms with E-state index in [0.717, 1.165) is 37.0 Å². The van der Waals surface area contributed by atoms with Crippen LogP contribution < -0.4 is 0 Å². The quantitative estimate of drug-likeness (QED) is 0.594. The van der Waals surface area contributed by atoms with Gasteiger partial charge in [0.1, 0.15) is 0 Å². The van der Waals surface area contributed by atoms with Gasteiger partial charge < -0.3 is 10.0 Å². The molecule has 0 aromatic carbocycles. The van der Waals surface area contributed by atoms with E-state index < -0.39 is 0 Å². The maximum atomic E-state index is 10.0. The lowest BCUT2D eigenvalue weighted by molar-refractivity contribution is 0.0926. The number of hydrogen-bond donors (Lipinski definition) is 1. The molecule has 0 bridgehead atoms. The van der Waals surface area contributed by atoms with Crippen molar-refractivity contribution in [3.8, 4) is 0 Å². The molecule has 3 aliphatic rings. The first-order valence-corrected chi connectivity index (χ1v) is 11.7. The van der Waals surface area contributed by atoms with Gasteiger partial charge in [-0.25, -0.2) is 0 Å². The minimum atomic E-state index is -0.175. The molecule has 3 rings (SSSR count). The molecule has 0 aromatic heterocycles. The molecule has 1 N–H and O–H groups in total. The number of nitrogens with zero attached hydrogens (tertiary/aromatic N) is 1. The van der Waals surface area contributed by atoms with Crippen molar-refractivity contribution >= 4 is 0 Å². The van der Waals surface area contributed by atoms with Gasteiger partial charge in [-0.05, 0) is 114 Å². The largest absolute Gasteiger partial charge is 0.393 e. The van der Waals surface area contributed by atoms with Crippen molar-refractivity contribution in [2.75, 3.05) is 20.6 Å². The predicted octanol–water partition coefficient (Wildman–Crippen LogP) is 6.13. The molecular weight excluding hydrogens is 342 g/mol. The molecule has 0 amide bonds. The maximum Gasteiger partial charge on any atom is 0.0583 e. The van der Waals surface area contributed by atoms with Gasteiger partial charge in [-0.1, -0.05) is 43.7 Å². The van der Waals surface area contributed by atoms with Gasteiger partial charge in [-0.3, -0.25) is 0 Å². The Labute approximate surface area is 173 Å². The Balaban J connectivity index is 1.70. The van der Waals surface area contributed by atoms with Crippen LogP contribution in [-0.4, -0.2) is 36.8 Å². The van der Waals surface area contributed by atoms with Crippen LogP contribution >= 0.6 is 0 Å². The smallest absolute Gasteiger partial charge is 0.0583 e. The van der Waals surface area contributed by atoms with Gasteiger partial charge in [0.25, 0.3) is 0 Å². The lowest BCUT2D eigenvalue weighted by Gasteiger charge is -2.44. The Hall–Kier alpha value is -0.860. The molecule has 5 atom stereocenters. The van der Waals surface area contributed by atoms with Crippen molar-refractivity contribution in [2.24, 2.45) is 23.2 Å². The Morgan fingerprint density at radius 1 is 1.21 bits per heavy atom. The summed E-state index contributed by atoms with van der Waals surface area (Å²) in [6, 6.07) is 0. The molecule has 0 unspecified atom stereocenters. The SMILES string of the molecule is C=C1CC[C@H](O)C/C1=C\C=C1/CCC[C@]2(C)[C@@H]([C@H](C)CCCN(C)C)CC[C@@H]12. The fourth-order valence-electron chi connectivity index (χ4n) is 6.54. The molecule has 0 saturated heterocycles. The highest BCUT2D eigenvalue weighted by Gasteiger charge is 2.50. The van der Waals surface area contributed by atoms with Crippen molar-refractivity contribution in [2.45, 2.75) is 84.2 Å². The van der Waals surface area contributed by atoms with Crippen LogP contribution in [0.2, 0.25) is 0 Å². The molecule has 28 heavy (non-hydrogen) atoms. The molecule has 2 heteroatoms. The molecule has 0 aliphatic heterocycles. The van der Waals surface area contributed by atoms with Crippen LogP contribution in [0.4, 0.5) is 0 Å². The van der Waals surface area contributed by atoms with E-state index in [0.29, 0.717) is 5.41 Å². The highest BCUT2D eigenvalue weighted by molar-refractivity contribution is 5.36. The van der Waals surface area contributed by atoms with E-state index in [4.69, 9.17) is 0 Å².